The molecule has 0 bridgehead atoms. The van der Waals surface area contributed by atoms with Crippen molar-refractivity contribution in [3.63, 3.8) is 0 Å². The lowest BCUT2D eigenvalue weighted by Gasteiger charge is -2.06. The van der Waals surface area contributed by atoms with E-state index >= 15 is 0 Å². The first-order valence-corrected chi connectivity index (χ1v) is 5.56. The monoisotopic (exact) mass is 277 g/mol. The second kappa shape index (κ2) is 5.39. The number of hydrogen-bond acceptors (Lipinski definition) is 5. The number of aromatic nitrogens is 3. The van der Waals surface area contributed by atoms with E-state index in [1.54, 1.807) is 24.3 Å². The molecule has 0 aliphatic carbocycles. The van der Waals surface area contributed by atoms with E-state index in [0.29, 0.717) is 11.3 Å². The highest BCUT2D eigenvalue weighted by Crippen LogP contribution is 2.15. The number of carboxylic acids is 2. The summed E-state index contributed by atoms with van der Waals surface area (Å²) in [4.78, 5) is 22.0. The van der Waals surface area contributed by atoms with E-state index in [-0.39, 0.29) is 6.54 Å². The normalized spacial score (nSPS) is 10.2. The minimum absolute atomic E-state index is 0.0825. The van der Waals surface area contributed by atoms with Gasteiger partial charge >= 0.3 is 11.9 Å². The third kappa shape index (κ3) is 2.58. The third-order valence-corrected chi connectivity index (χ3v) is 2.61. The Bertz CT molecular complexity index is 665. The molecule has 1 heterocycles. The number of methoxy groups -OCH3 is 1. The van der Waals surface area contributed by atoms with Gasteiger partial charge in [-0.05, 0) is 17.7 Å². The number of benzene rings is 1. The first-order chi connectivity index (χ1) is 9.52. The van der Waals surface area contributed by atoms with Crippen LogP contribution in [0.15, 0.2) is 24.3 Å². The summed E-state index contributed by atoms with van der Waals surface area (Å²) in [6, 6.07) is 6.93. The highest BCUT2D eigenvalue weighted by molar-refractivity contribution is 5.98. The average Bonchev–Trinajstić information content (AvgIpc) is 2.83. The lowest BCUT2D eigenvalue weighted by atomic mass is 10.2. The van der Waals surface area contributed by atoms with Crippen LogP contribution in [0.2, 0.25) is 0 Å². The van der Waals surface area contributed by atoms with Crippen molar-refractivity contribution in [2.45, 2.75) is 6.54 Å². The lowest BCUT2D eigenvalue weighted by Crippen LogP contribution is -2.14. The fourth-order valence-corrected chi connectivity index (χ4v) is 1.72. The van der Waals surface area contributed by atoms with Crippen molar-refractivity contribution in [3.8, 4) is 5.75 Å². The molecular weight excluding hydrogens is 266 g/mol. The fraction of sp³-hybridized carbons (Fsp3) is 0.167. The maximum absolute atomic E-state index is 11.1. The molecule has 104 valence electrons. The van der Waals surface area contributed by atoms with Crippen molar-refractivity contribution in [3.05, 3.63) is 41.2 Å². The molecule has 1 aromatic heterocycles. The molecule has 0 atom stereocenters. The van der Waals surface area contributed by atoms with Crippen LogP contribution in [0.5, 0.6) is 5.75 Å². The molecule has 2 N–H and O–H groups in total. The molecule has 0 amide bonds. The number of nitrogens with zero attached hydrogens (tertiary/aromatic N) is 3. The smallest absolute Gasteiger partial charge is 0.359 e. The van der Waals surface area contributed by atoms with Gasteiger partial charge in [0.2, 0.25) is 5.69 Å². The molecule has 1 aromatic carbocycles. The van der Waals surface area contributed by atoms with Crippen LogP contribution in [0.1, 0.15) is 26.5 Å². The van der Waals surface area contributed by atoms with Gasteiger partial charge in [-0.3, -0.25) is 0 Å². The topological polar surface area (TPSA) is 115 Å². The van der Waals surface area contributed by atoms with Gasteiger partial charge in [-0.15, -0.1) is 5.10 Å². The van der Waals surface area contributed by atoms with Crippen LogP contribution in [-0.2, 0) is 6.54 Å². The number of rotatable bonds is 5. The van der Waals surface area contributed by atoms with E-state index in [9.17, 15) is 9.59 Å². The van der Waals surface area contributed by atoms with Crippen LogP contribution >= 0.6 is 0 Å². The Hall–Kier alpha value is -2.90. The van der Waals surface area contributed by atoms with Crippen LogP contribution in [0.3, 0.4) is 0 Å². The zero-order valence-corrected chi connectivity index (χ0v) is 10.5. The summed E-state index contributed by atoms with van der Waals surface area (Å²) in [6.45, 7) is 0.0825. The summed E-state index contributed by atoms with van der Waals surface area (Å²) in [7, 11) is 1.51. The Balaban J connectivity index is 2.38. The molecule has 0 aliphatic rings. The van der Waals surface area contributed by atoms with Crippen LogP contribution in [0.4, 0.5) is 0 Å². The van der Waals surface area contributed by atoms with Crippen molar-refractivity contribution in [1.82, 2.24) is 15.0 Å². The fourth-order valence-electron chi connectivity index (χ4n) is 1.72. The number of carboxylic acid groups (broad SMARTS) is 2. The van der Waals surface area contributed by atoms with E-state index in [1.807, 2.05) is 0 Å². The summed E-state index contributed by atoms with van der Waals surface area (Å²) in [5.74, 6) is -2.22. The highest BCUT2D eigenvalue weighted by Gasteiger charge is 2.24. The Morgan fingerprint density at radius 3 is 2.65 bits per heavy atom. The Morgan fingerprint density at radius 1 is 1.30 bits per heavy atom. The summed E-state index contributed by atoms with van der Waals surface area (Å²) in [5, 5.41) is 24.9. The Kier molecular flexibility index (Phi) is 3.65. The second-order valence-electron chi connectivity index (χ2n) is 3.91. The number of carbonyl (C=O) groups is 2. The molecule has 0 unspecified atom stereocenters. The van der Waals surface area contributed by atoms with Crippen molar-refractivity contribution >= 4 is 11.9 Å². The van der Waals surface area contributed by atoms with Crippen LogP contribution in [-0.4, -0.2) is 44.3 Å². The maximum atomic E-state index is 11.1. The van der Waals surface area contributed by atoms with Crippen molar-refractivity contribution < 1.29 is 24.5 Å². The first-order valence-electron chi connectivity index (χ1n) is 5.56. The van der Waals surface area contributed by atoms with Gasteiger partial charge in [-0.2, -0.15) is 0 Å². The summed E-state index contributed by atoms with van der Waals surface area (Å²) >= 11 is 0. The van der Waals surface area contributed by atoms with E-state index in [1.165, 1.54) is 7.11 Å². The van der Waals surface area contributed by atoms with Crippen molar-refractivity contribution in [2.75, 3.05) is 7.11 Å². The SMILES string of the molecule is COc1cccc(Cn2nnc(C(=O)O)c2C(=O)O)c1. The Labute approximate surface area is 113 Å². The summed E-state index contributed by atoms with van der Waals surface area (Å²) in [5.41, 5.74) is -0.325. The van der Waals surface area contributed by atoms with Gasteiger partial charge in [0.15, 0.2) is 5.69 Å². The third-order valence-electron chi connectivity index (χ3n) is 2.61. The minimum Gasteiger partial charge on any atom is -0.497 e. The van der Waals surface area contributed by atoms with Gasteiger partial charge in [-0.1, -0.05) is 17.3 Å². The molecule has 0 radical (unpaired) electrons. The van der Waals surface area contributed by atoms with E-state index in [4.69, 9.17) is 14.9 Å². The molecule has 0 saturated carbocycles. The van der Waals surface area contributed by atoms with Crippen LogP contribution in [0.25, 0.3) is 0 Å². The lowest BCUT2D eigenvalue weighted by molar-refractivity contribution is 0.0640. The zero-order valence-electron chi connectivity index (χ0n) is 10.5. The quantitative estimate of drug-likeness (QED) is 0.827. The van der Waals surface area contributed by atoms with Gasteiger partial charge in [0.05, 0.1) is 13.7 Å². The maximum Gasteiger partial charge on any atom is 0.359 e. The molecule has 2 rings (SSSR count). The van der Waals surface area contributed by atoms with Crippen molar-refractivity contribution in [1.29, 1.82) is 0 Å². The average molecular weight is 277 g/mol. The van der Waals surface area contributed by atoms with Gasteiger partial charge in [0.1, 0.15) is 5.75 Å². The van der Waals surface area contributed by atoms with Gasteiger partial charge in [0.25, 0.3) is 0 Å². The number of aromatic carboxylic acids is 2. The molecule has 2 aromatic rings. The number of ether oxygens (including phenoxy) is 1. The zero-order chi connectivity index (χ0) is 14.7. The standard InChI is InChI=1S/C12H11N3O5/c1-20-8-4-2-3-7(5-8)6-15-10(12(18)19)9(11(16)17)13-14-15/h2-5H,6H2,1H3,(H,16,17)(H,18,19). The van der Waals surface area contributed by atoms with E-state index in [0.717, 1.165) is 4.68 Å². The molecular formula is C12H11N3O5. The molecule has 8 heteroatoms. The molecule has 0 saturated heterocycles. The largest absolute Gasteiger partial charge is 0.497 e. The Morgan fingerprint density at radius 2 is 2.05 bits per heavy atom. The molecule has 20 heavy (non-hydrogen) atoms. The van der Waals surface area contributed by atoms with E-state index < -0.39 is 23.3 Å². The first kappa shape index (κ1) is 13.5. The van der Waals surface area contributed by atoms with Crippen LogP contribution < -0.4 is 4.74 Å². The highest BCUT2D eigenvalue weighted by atomic mass is 16.5. The molecule has 0 spiro atoms. The summed E-state index contributed by atoms with van der Waals surface area (Å²) < 4.78 is 6.09. The molecule has 8 nitrogen and oxygen atoms in total. The van der Waals surface area contributed by atoms with Crippen molar-refractivity contribution in [2.24, 2.45) is 0 Å². The predicted octanol–water partition coefficient (Wildman–Crippen LogP) is 0.731. The summed E-state index contributed by atoms with van der Waals surface area (Å²) in [6.07, 6.45) is 0. The van der Waals surface area contributed by atoms with Gasteiger partial charge in [0, 0.05) is 0 Å². The van der Waals surface area contributed by atoms with Gasteiger partial charge < -0.3 is 14.9 Å². The number of hydrogen-bond donors (Lipinski definition) is 2. The second-order valence-corrected chi connectivity index (χ2v) is 3.91. The van der Waals surface area contributed by atoms with Gasteiger partial charge in [-0.25, -0.2) is 14.3 Å². The minimum atomic E-state index is -1.43. The van der Waals surface area contributed by atoms with E-state index in [2.05, 4.69) is 10.3 Å². The molecule has 0 fully saturated rings. The predicted molar refractivity (Wildman–Crippen MR) is 66.0 cm³/mol. The molecule has 0 aliphatic heterocycles. The van der Waals surface area contributed by atoms with Crippen LogP contribution in [0, 0.1) is 0 Å².